The molecule has 0 saturated carbocycles. The zero-order valence-electron chi connectivity index (χ0n) is 16.6. The predicted molar refractivity (Wildman–Crippen MR) is 107 cm³/mol. The summed E-state index contributed by atoms with van der Waals surface area (Å²) in [4.78, 5) is 6.81. The minimum Gasteiger partial charge on any atom is -0.493 e. The molecular formula is C20H34N4O2. The first-order chi connectivity index (χ1) is 12.6. The average molecular weight is 363 g/mol. The molecule has 0 radical (unpaired) electrons. The molecule has 0 bridgehead atoms. The summed E-state index contributed by atoms with van der Waals surface area (Å²) < 4.78 is 11.3. The van der Waals surface area contributed by atoms with E-state index in [4.69, 9.17) is 9.47 Å². The van der Waals surface area contributed by atoms with Gasteiger partial charge in [-0.15, -0.1) is 0 Å². The molecule has 1 aliphatic rings. The number of nitrogens with zero attached hydrogens (tertiary/aromatic N) is 2. The molecule has 1 unspecified atom stereocenters. The molecule has 1 atom stereocenters. The van der Waals surface area contributed by atoms with Gasteiger partial charge in [-0.1, -0.05) is 19.1 Å². The van der Waals surface area contributed by atoms with Crippen LogP contribution >= 0.6 is 0 Å². The largest absolute Gasteiger partial charge is 0.493 e. The monoisotopic (exact) mass is 362 g/mol. The summed E-state index contributed by atoms with van der Waals surface area (Å²) >= 11 is 0. The molecule has 0 amide bonds. The number of aliphatic imine (C=N–C) groups is 1. The highest BCUT2D eigenvalue weighted by Crippen LogP contribution is 2.26. The van der Waals surface area contributed by atoms with Crippen molar-refractivity contribution in [2.75, 3.05) is 46.9 Å². The molecule has 26 heavy (non-hydrogen) atoms. The molecule has 1 aromatic carbocycles. The SMILES string of the molecule is CN=C(NCCN1CCC(C)CC1)NCC(C)Oc1ccccc1OC. The van der Waals surface area contributed by atoms with Crippen LogP contribution in [-0.4, -0.2) is 63.8 Å². The van der Waals surface area contributed by atoms with E-state index in [1.54, 1.807) is 14.2 Å². The van der Waals surface area contributed by atoms with E-state index < -0.39 is 0 Å². The van der Waals surface area contributed by atoms with Crippen molar-refractivity contribution in [1.29, 1.82) is 0 Å². The minimum atomic E-state index is -0.00608. The van der Waals surface area contributed by atoms with Crippen LogP contribution in [0.25, 0.3) is 0 Å². The Labute approximate surface area is 158 Å². The molecule has 0 aromatic heterocycles. The van der Waals surface area contributed by atoms with Crippen LogP contribution in [0.1, 0.15) is 26.7 Å². The van der Waals surface area contributed by atoms with Crippen LogP contribution in [0.5, 0.6) is 11.5 Å². The van der Waals surface area contributed by atoms with E-state index in [-0.39, 0.29) is 6.10 Å². The van der Waals surface area contributed by atoms with Gasteiger partial charge in [0.1, 0.15) is 6.10 Å². The standard InChI is InChI=1S/C20H34N4O2/c1-16-9-12-24(13-10-16)14-11-22-20(21-3)23-15-17(2)26-19-8-6-5-7-18(19)25-4/h5-8,16-17H,9-15H2,1-4H3,(H2,21,22,23). The van der Waals surface area contributed by atoms with Gasteiger partial charge in [0.25, 0.3) is 0 Å². The number of methoxy groups -OCH3 is 1. The van der Waals surface area contributed by atoms with Gasteiger partial charge in [-0.3, -0.25) is 4.99 Å². The van der Waals surface area contributed by atoms with Gasteiger partial charge in [0.2, 0.25) is 0 Å². The van der Waals surface area contributed by atoms with Crippen molar-refractivity contribution in [1.82, 2.24) is 15.5 Å². The molecule has 6 heteroatoms. The van der Waals surface area contributed by atoms with Crippen LogP contribution in [0.4, 0.5) is 0 Å². The quantitative estimate of drug-likeness (QED) is 0.549. The molecule has 0 spiro atoms. The molecule has 1 fully saturated rings. The first-order valence-corrected chi connectivity index (χ1v) is 9.59. The second kappa shape index (κ2) is 10.9. The van der Waals surface area contributed by atoms with E-state index in [0.717, 1.165) is 36.5 Å². The average Bonchev–Trinajstić information content (AvgIpc) is 2.66. The number of hydrogen-bond acceptors (Lipinski definition) is 4. The van der Waals surface area contributed by atoms with E-state index in [2.05, 4.69) is 27.4 Å². The van der Waals surface area contributed by atoms with Gasteiger partial charge in [-0.2, -0.15) is 0 Å². The van der Waals surface area contributed by atoms with Crippen molar-refractivity contribution in [3.8, 4) is 11.5 Å². The topological polar surface area (TPSA) is 58.1 Å². The van der Waals surface area contributed by atoms with Crippen molar-refractivity contribution in [3.05, 3.63) is 24.3 Å². The fourth-order valence-electron chi connectivity index (χ4n) is 3.05. The molecule has 1 aromatic rings. The van der Waals surface area contributed by atoms with E-state index in [9.17, 15) is 0 Å². The summed E-state index contributed by atoms with van der Waals surface area (Å²) in [6.07, 6.45) is 2.61. The van der Waals surface area contributed by atoms with Crippen molar-refractivity contribution in [2.45, 2.75) is 32.8 Å². The second-order valence-electron chi connectivity index (χ2n) is 6.98. The van der Waals surface area contributed by atoms with Crippen molar-refractivity contribution < 1.29 is 9.47 Å². The zero-order chi connectivity index (χ0) is 18.8. The fraction of sp³-hybridized carbons (Fsp3) is 0.650. The fourth-order valence-corrected chi connectivity index (χ4v) is 3.05. The summed E-state index contributed by atoms with van der Waals surface area (Å²) in [6.45, 7) is 9.41. The third kappa shape index (κ3) is 6.75. The van der Waals surface area contributed by atoms with Crippen molar-refractivity contribution >= 4 is 5.96 Å². The smallest absolute Gasteiger partial charge is 0.191 e. The van der Waals surface area contributed by atoms with Crippen LogP contribution in [0.15, 0.2) is 29.3 Å². The Hall–Kier alpha value is -1.95. The molecular weight excluding hydrogens is 328 g/mol. The maximum absolute atomic E-state index is 5.96. The number of guanidine groups is 1. The van der Waals surface area contributed by atoms with Crippen LogP contribution in [0.2, 0.25) is 0 Å². The Balaban J connectivity index is 1.67. The minimum absolute atomic E-state index is 0.00608. The van der Waals surface area contributed by atoms with Gasteiger partial charge in [0, 0.05) is 20.1 Å². The molecule has 1 saturated heterocycles. The third-order valence-corrected chi connectivity index (χ3v) is 4.77. The lowest BCUT2D eigenvalue weighted by Crippen LogP contribution is -2.45. The van der Waals surface area contributed by atoms with Crippen LogP contribution in [-0.2, 0) is 0 Å². The number of hydrogen-bond donors (Lipinski definition) is 2. The van der Waals surface area contributed by atoms with Gasteiger partial charge >= 0.3 is 0 Å². The first-order valence-electron chi connectivity index (χ1n) is 9.59. The molecule has 2 N–H and O–H groups in total. The van der Waals surface area contributed by atoms with E-state index in [1.807, 2.05) is 31.2 Å². The number of likely N-dealkylation sites (tertiary alicyclic amines) is 1. The lowest BCUT2D eigenvalue weighted by Gasteiger charge is -2.30. The maximum Gasteiger partial charge on any atom is 0.191 e. The number of ether oxygens (including phenoxy) is 2. The van der Waals surface area contributed by atoms with E-state index >= 15 is 0 Å². The summed E-state index contributed by atoms with van der Waals surface area (Å²) in [5.41, 5.74) is 0. The third-order valence-electron chi connectivity index (χ3n) is 4.77. The van der Waals surface area contributed by atoms with Crippen molar-refractivity contribution in [3.63, 3.8) is 0 Å². The highest BCUT2D eigenvalue weighted by Gasteiger charge is 2.15. The van der Waals surface area contributed by atoms with Gasteiger partial charge in [-0.25, -0.2) is 0 Å². The second-order valence-corrected chi connectivity index (χ2v) is 6.98. The number of nitrogens with one attached hydrogen (secondary N) is 2. The molecule has 1 aliphatic heterocycles. The Bertz CT molecular complexity index is 556. The zero-order valence-corrected chi connectivity index (χ0v) is 16.6. The van der Waals surface area contributed by atoms with Gasteiger partial charge in [0.05, 0.1) is 13.7 Å². The van der Waals surface area contributed by atoms with Crippen molar-refractivity contribution in [2.24, 2.45) is 10.9 Å². The summed E-state index contributed by atoms with van der Waals surface area (Å²) in [7, 11) is 3.45. The number of rotatable bonds is 8. The Morgan fingerprint density at radius 1 is 1.23 bits per heavy atom. The van der Waals surface area contributed by atoms with E-state index in [0.29, 0.717) is 6.54 Å². The Kier molecular flexibility index (Phi) is 8.54. The molecule has 6 nitrogen and oxygen atoms in total. The summed E-state index contributed by atoms with van der Waals surface area (Å²) in [6, 6.07) is 7.70. The summed E-state index contributed by atoms with van der Waals surface area (Å²) in [5.74, 6) is 3.19. The molecule has 2 rings (SSSR count). The van der Waals surface area contributed by atoms with Gasteiger partial charge in [0.15, 0.2) is 17.5 Å². The van der Waals surface area contributed by atoms with Crippen LogP contribution in [0, 0.1) is 5.92 Å². The summed E-state index contributed by atoms with van der Waals surface area (Å²) in [5, 5.41) is 6.71. The maximum atomic E-state index is 5.96. The van der Waals surface area contributed by atoms with Crippen LogP contribution < -0.4 is 20.1 Å². The molecule has 146 valence electrons. The number of benzene rings is 1. The Morgan fingerprint density at radius 2 is 1.92 bits per heavy atom. The normalized spacial score (nSPS) is 17.6. The highest BCUT2D eigenvalue weighted by atomic mass is 16.5. The molecule has 0 aliphatic carbocycles. The van der Waals surface area contributed by atoms with E-state index in [1.165, 1.54) is 25.9 Å². The predicted octanol–water partition coefficient (Wildman–Crippen LogP) is 2.36. The van der Waals surface area contributed by atoms with Crippen LogP contribution in [0.3, 0.4) is 0 Å². The number of piperidine rings is 1. The molecule has 1 heterocycles. The lowest BCUT2D eigenvalue weighted by molar-refractivity contribution is 0.195. The lowest BCUT2D eigenvalue weighted by atomic mass is 9.99. The Morgan fingerprint density at radius 3 is 2.58 bits per heavy atom. The highest BCUT2D eigenvalue weighted by molar-refractivity contribution is 5.79. The van der Waals surface area contributed by atoms with Gasteiger partial charge < -0.3 is 25.0 Å². The first kappa shape index (κ1) is 20.4. The number of para-hydroxylation sites is 2. The van der Waals surface area contributed by atoms with Gasteiger partial charge in [-0.05, 0) is 50.9 Å².